The topological polar surface area (TPSA) is 41.5 Å². The van der Waals surface area contributed by atoms with Crippen LogP contribution in [0, 0.1) is 0 Å². The van der Waals surface area contributed by atoms with E-state index in [9.17, 15) is 4.79 Å². The van der Waals surface area contributed by atoms with Crippen molar-refractivity contribution >= 4 is 23.9 Å². The average Bonchev–Trinajstić information content (AvgIpc) is 2.17. The predicted molar refractivity (Wildman–Crippen MR) is 47.7 cm³/mol. The van der Waals surface area contributed by atoms with Gasteiger partial charge in [-0.2, -0.15) is 0 Å². The number of fused-ring (bicyclic) bond motifs is 1. The number of carbonyl (C=O) groups excluding carboxylic acids is 1. The molecule has 1 heterocycles. The SMILES string of the molecule is O=[C]C1C=Nc2ccccc2N1. The maximum Gasteiger partial charge on any atom is 0.228 e. The van der Waals surface area contributed by atoms with Crippen molar-refractivity contribution in [1.29, 1.82) is 0 Å². The van der Waals surface area contributed by atoms with Gasteiger partial charge in [0, 0.05) is 6.21 Å². The maximum absolute atomic E-state index is 10.3. The summed E-state index contributed by atoms with van der Waals surface area (Å²) in [7, 11) is 0. The number of hydrogen-bond donors (Lipinski definition) is 1. The Hall–Kier alpha value is -1.64. The zero-order valence-corrected chi connectivity index (χ0v) is 6.32. The van der Waals surface area contributed by atoms with Gasteiger partial charge in [-0.25, -0.2) is 0 Å². The van der Waals surface area contributed by atoms with Crippen molar-refractivity contribution in [3.05, 3.63) is 24.3 Å². The van der Waals surface area contributed by atoms with Gasteiger partial charge < -0.3 is 5.32 Å². The van der Waals surface area contributed by atoms with Gasteiger partial charge >= 0.3 is 0 Å². The Morgan fingerprint density at radius 3 is 3.08 bits per heavy atom. The summed E-state index contributed by atoms with van der Waals surface area (Å²) in [6.07, 6.45) is 3.39. The fourth-order valence-electron chi connectivity index (χ4n) is 1.13. The minimum Gasteiger partial charge on any atom is -0.369 e. The molecule has 0 aliphatic carbocycles. The van der Waals surface area contributed by atoms with Gasteiger partial charge in [-0.15, -0.1) is 0 Å². The summed E-state index contributed by atoms with van der Waals surface area (Å²) in [5, 5.41) is 2.97. The Labute approximate surface area is 70.1 Å². The Balaban J connectivity index is 2.39. The highest BCUT2D eigenvalue weighted by Gasteiger charge is 2.11. The number of hydrogen-bond acceptors (Lipinski definition) is 3. The van der Waals surface area contributed by atoms with Crippen LogP contribution >= 0.6 is 0 Å². The minimum atomic E-state index is -0.403. The lowest BCUT2D eigenvalue weighted by Gasteiger charge is -2.15. The zero-order chi connectivity index (χ0) is 8.39. The van der Waals surface area contributed by atoms with Gasteiger partial charge in [-0.3, -0.25) is 9.79 Å². The first-order valence-electron chi connectivity index (χ1n) is 3.67. The molecular weight excluding hydrogens is 152 g/mol. The second-order valence-electron chi connectivity index (χ2n) is 2.54. The molecule has 12 heavy (non-hydrogen) atoms. The molecule has 59 valence electrons. The molecular formula is C9H7N2O. The van der Waals surface area contributed by atoms with Crippen molar-refractivity contribution in [3.63, 3.8) is 0 Å². The zero-order valence-electron chi connectivity index (χ0n) is 6.32. The highest BCUT2D eigenvalue weighted by Crippen LogP contribution is 2.26. The third-order valence-corrected chi connectivity index (χ3v) is 1.70. The molecule has 0 amide bonds. The monoisotopic (exact) mass is 159 g/mol. The van der Waals surface area contributed by atoms with E-state index in [-0.39, 0.29) is 0 Å². The molecule has 3 heteroatoms. The quantitative estimate of drug-likeness (QED) is 0.670. The van der Waals surface area contributed by atoms with Crippen LogP contribution in [0.4, 0.5) is 11.4 Å². The van der Waals surface area contributed by atoms with Crippen LogP contribution < -0.4 is 5.32 Å². The van der Waals surface area contributed by atoms with Gasteiger partial charge in [-0.1, -0.05) is 12.1 Å². The van der Waals surface area contributed by atoms with Crippen LogP contribution in [0.3, 0.4) is 0 Å². The van der Waals surface area contributed by atoms with Crippen LogP contribution in [0.15, 0.2) is 29.3 Å². The van der Waals surface area contributed by atoms with E-state index in [4.69, 9.17) is 0 Å². The summed E-state index contributed by atoms with van der Waals surface area (Å²) < 4.78 is 0. The van der Waals surface area contributed by atoms with Gasteiger partial charge in [0.05, 0.1) is 11.4 Å². The smallest absolute Gasteiger partial charge is 0.228 e. The van der Waals surface area contributed by atoms with Crippen molar-refractivity contribution in [2.45, 2.75) is 6.04 Å². The largest absolute Gasteiger partial charge is 0.369 e. The van der Waals surface area contributed by atoms with Crippen LogP contribution in [0.25, 0.3) is 0 Å². The number of aliphatic imine (C=N–C) groups is 1. The fraction of sp³-hybridized carbons (Fsp3) is 0.111. The Kier molecular flexibility index (Phi) is 1.63. The number of nitrogens with zero attached hydrogens (tertiary/aromatic N) is 1. The van der Waals surface area contributed by atoms with Crippen molar-refractivity contribution < 1.29 is 4.79 Å². The molecule has 1 atom stereocenters. The summed E-state index contributed by atoms with van der Waals surface area (Å²) in [5.41, 5.74) is 1.75. The van der Waals surface area contributed by atoms with Crippen molar-refractivity contribution in [2.75, 3.05) is 5.32 Å². The summed E-state index contributed by atoms with van der Waals surface area (Å²) in [6, 6.07) is 7.17. The van der Waals surface area contributed by atoms with Gasteiger partial charge in [0.1, 0.15) is 6.04 Å². The fourth-order valence-corrected chi connectivity index (χ4v) is 1.13. The van der Waals surface area contributed by atoms with Crippen LogP contribution in [-0.2, 0) is 4.79 Å². The highest BCUT2D eigenvalue weighted by molar-refractivity contribution is 5.95. The molecule has 0 fully saturated rings. The summed E-state index contributed by atoms with van der Waals surface area (Å²) in [6.45, 7) is 0. The first-order valence-corrected chi connectivity index (χ1v) is 3.67. The third kappa shape index (κ3) is 1.09. The van der Waals surface area contributed by atoms with Crippen molar-refractivity contribution in [3.8, 4) is 0 Å². The normalized spacial score (nSPS) is 19.5. The van der Waals surface area contributed by atoms with E-state index in [0.717, 1.165) is 11.4 Å². The molecule has 1 unspecified atom stereocenters. The third-order valence-electron chi connectivity index (χ3n) is 1.70. The summed E-state index contributed by atoms with van der Waals surface area (Å²) >= 11 is 0. The Morgan fingerprint density at radius 1 is 1.42 bits per heavy atom. The lowest BCUT2D eigenvalue weighted by atomic mass is 10.2. The van der Waals surface area contributed by atoms with E-state index in [1.807, 2.05) is 30.6 Å². The molecule has 0 saturated heterocycles. The molecule has 0 aromatic heterocycles. The molecule has 0 bridgehead atoms. The Morgan fingerprint density at radius 2 is 2.25 bits per heavy atom. The summed E-state index contributed by atoms with van der Waals surface area (Å²) in [5.74, 6) is 0. The lowest BCUT2D eigenvalue weighted by Crippen LogP contribution is -2.24. The van der Waals surface area contributed by atoms with Gasteiger partial charge in [-0.05, 0) is 12.1 Å². The second-order valence-corrected chi connectivity index (χ2v) is 2.54. The molecule has 2 rings (SSSR count). The van der Waals surface area contributed by atoms with Crippen LogP contribution in [0.1, 0.15) is 0 Å². The first-order chi connectivity index (χ1) is 5.90. The average molecular weight is 159 g/mol. The van der Waals surface area contributed by atoms with Gasteiger partial charge in [0.15, 0.2) is 0 Å². The van der Waals surface area contributed by atoms with Crippen LogP contribution in [-0.4, -0.2) is 18.5 Å². The molecule has 1 aromatic rings. The van der Waals surface area contributed by atoms with Crippen LogP contribution in [0.2, 0.25) is 0 Å². The first kappa shape index (κ1) is 7.03. The summed E-state index contributed by atoms with van der Waals surface area (Å²) in [4.78, 5) is 14.4. The van der Waals surface area contributed by atoms with Gasteiger partial charge in [0.25, 0.3) is 0 Å². The van der Waals surface area contributed by atoms with Crippen molar-refractivity contribution in [2.24, 2.45) is 4.99 Å². The van der Waals surface area contributed by atoms with E-state index in [2.05, 4.69) is 10.3 Å². The molecule has 1 aromatic carbocycles. The number of para-hydroxylation sites is 2. The maximum atomic E-state index is 10.3. The van der Waals surface area contributed by atoms with E-state index in [0.29, 0.717) is 0 Å². The van der Waals surface area contributed by atoms with E-state index in [1.165, 1.54) is 0 Å². The van der Waals surface area contributed by atoms with Crippen molar-refractivity contribution in [1.82, 2.24) is 0 Å². The number of nitrogens with one attached hydrogen (secondary N) is 1. The molecule has 1 aliphatic rings. The number of rotatable bonds is 1. The number of benzene rings is 1. The molecule has 0 spiro atoms. The highest BCUT2D eigenvalue weighted by atomic mass is 16.1. The Bertz CT molecular complexity index is 333. The van der Waals surface area contributed by atoms with Gasteiger partial charge in [0.2, 0.25) is 6.29 Å². The second kappa shape index (κ2) is 2.77. The molecule has 3 nitrogen and oxygen atoms in total. The van der Waals surface area contributed by atoms with E-state index >= 15 is 0 Å². The number of anilines is 1. The standard InChI is InChI=1S/C9H7N2O/c12-6-7-5-10-8-3-1-2-4-9(8)11-7/h1-5,7,11H. The minimum absolute atomic E-state index is 0.403. The molecule has 1 radical (unpaired) electrons. The molecule has 1 aliphatic heterocycles. The van der Waals surface area contributed by atoms with E-state index in [1.54, 1.807) is 6.21 Å². The predicted octanol–water partition coefficient (Wildman–Crippen LogP) is 1.29. The molecule has 1 N–H and O–H groups in total. The van der Waals surface area contributed by atoms with E-state index < -0.39 is 6.04 Å². The van der Waals surface area contributed by atoms with Crippen LogP contribution in [0.5, 0.6) is 0 Å². The lowest BCUT2D eigenvalue weighted by molar-refractivity contribution is 0.554. The molecule has 0 saturated carbocycles.